The molecule has 2 fully saturated rings. The summed E-state index contributed by atoms with van der Waals surface area (Å²) in [6.07, 6.45) is 4.11. The zero-order chi connectivity index (χ0) is 14.1. The first-order chi connectivity index (χ1) is 10.4. The Morgan fingerprint density at radius 1 is 1.05 bits per heavy atom. The monoisotopic (exact) mass is 288 g/mol. The number of nitrogens with zero attached hydrogens (tertiary/aromatic N) is 1. The van der Waals surface area contributed by atoms with Crippen LogP contribution in [0.25, 0.3) is 0 Å². The van der Waals surface area contributed by atoms with Crippen molar-refractivity contribution >= 4 is 0 Å². The summed E-state index contributed by atoms with van der Waals surface area (Å²) < 4.78 is 11.4. The summed E-state index contributed by atoms with van der Waals surface area (Å²) in [6, 6.07) is 7.12. The van der Waals surface area contributed by atoms with Gasteiger partial charge < -0.3 is 14.8 Å². The van der Waals surface area contributed by atoms with Gasteiger partial charge in [0, 0.05) is 32.2 Å². The van der Waals surface area contributed by atoms with Gasteiger partial charge in [0.1, 0.15) is 13.2 Å². The molecule has 2 heterocycles. The zero-order valence-electron chi connectivity index (χ0n) is 12.5. The molecule has 2 aliphatic heterocycles. The van der Waals surface area contributed by atoms with Crippen molar-refractivity contribution in [2.24, 2.45) is 5.92 Å². The molecule has 3 aliphatic rings. The molecule has 21 heavy (non-hydrogen) atoms. The average molecular weight is 288 g/mol. The second-order valence-corrected chi connectivity index (χ2v) is 6.32. The molecule has 4 rings (SSSR count). The van der Waals surface area contributed by atoms with E-state index in [1.165, 1.54) is 24.8 Å². The Labute approximate surface area is 126 Å². The molecule has 1 aromatic carbocycles. The number of fused-ring (bicyclic) bond motifs is 1. The Morgan fingerprint density at radius 2 is 1.81 bits per heavy atom. The minimum Gasteiger partial charge on any atom is -0.486 e. The molecule has 4 nitrogen and oxygen atoms in total. The molecule has 1 saturated heterocycles. The van der Waals surface area contributed by atoms with Crippen LogP contribution in [0.2, 0.25) is 0 Å². The highest BCUT2D eigenvalue weighted by Crippen LogP contribution is 2.43. The fourth-order valence-corrected chi connectivity index (χ4v) is 3.74. The van der Waals surface area contributed by atoms with Gasteiger partial charge in [-0.3, -0.25) is 4.90 Å². The van der Waals surface area contributed by atoms with Crippen LogP contribution in [0.15, 0.2) is 18.2 Å². The molecule has 0 bridgehead atoms. The van der Waals surface area contributed by atoms with Crippen molar-refractivity contribution in [1.82, 2.24) is 10.2 Å². The average Bonchev–Trinajstić information content (AvgIpc) is 2.51. The lowest BCUT2D eigenvalue weighted by Gasteiger charge is -2.43. The van der Waals surface area contributed by atoms with Crippen LogP contribution in [0.5, 0.6) is 11.5 Å². The summed E-state index contributed by atoms with van der Waals surface area (Å²) >= 11 is 0. The third-order valence-corrected chi connectivity index (χ3v) is 5.05. The van der Waals surface area contributed by atoms with E-state index >= 15 is 0 Å². The number of benzene rings is 1. The fourth-order valence-electron chi connectivity index (χ4n) is 3.74. The van der Waals surface area contributed by atoms with Gasteiger partial charge in [-0.05, 0) is 36.5 Å². The van der Waals surface area contributed by atoms with E-state index in [-0.39, 0.29) is 0 Å². The molecule has 4 heteroatoms. The molecule has 0 spiro atoms. The lowest BCUT2D eigenvalue weighted by atomic mass is 9.76. The minimum atomic E-state index is 0.552. The Kier molecular flexibility index (Phi) is 3.74. The number of hydrogen-bond donors (Lipinski definition) is 1. The van der Waals surface area contributed by atoms with Crippen molar-refractivity contribution in [2.75, 3.05) is 39.4 Å². The number of rotatable bonds is 3. The van der Waals surface area contributed by atoms with E-state index in [2.05, 4.69) is 28.4 Å². The summed E-state index contributed by atoms with van der Waals surface area (Å²) in [6.45, 7) is 5.83. The van der Waals surface area contributed by atoms with Crippen LogP contribution in [-0.4, -0.2) is 44.3 Å². The van der Waals surface area contributed by atoms with Crippen molar-refractivity contribution in [1.29, 1.82) is 0 Å². The van der Waals surface area contributed by atoms with E-state index in [0.717, 1.165) is 43.6 Å². The first-order valence-corrected chi connectivity index (χ1v) is 8.26. The van der Waals surface area contributed by atoms with Crippen molar-refractivity contribution < 1.29 is 9.47 Å². The normalized spacial score (nSPS) is 24.4. The Hall–Kier alpha value is -1.26. The van der Waals surface area contributed by atoms with Crippen molar-refractivity contribution in [3.63, 3.8) is 0 Å². The first-order valence-electron chi connectivity index (χ1n) is 8.26. The van der Waals surface area contributed by atoms with Crippen LogP contribution in [0, 0.1) is 5.92 Å². The lowest BCUT2D eigenvalue weighted by molar-refractivity contribution is 0.0831. The Balaban J connectivity index is 1.62. The molecular weight excluding hydrogens is 264 g/mol. The number of nitrogens with one attached hydrogen (secondary N) is 1. The predicted octanol–water partition coefficient (Wildman–Crippen LogP) is 2.20. The summed E-state index contributed by atoms with van der Waals surface area (Å²) in [7, 11) is 0. The smallest absolute Gasteiger partial charge is 0.161 e. The second-order valence-electron chi connectivity index (χ2n) is 6.32. The molecule has 114 valence electrons. The highest BCUT2D eigenvalue weighted by atomic mass is 16.6. The topological polar surface area (TPSA) is 33.7 Å². The molecule has 1 aromatic rings. The van der Waals surface area contributed by atoms with Crippen LogP contribution < -0.4 is 14.8 Å². The van der Waals surface area contributed by atoms with E-state index in [4.69, 9.17) is 9.47 Å². The molecular formula is C17H24N2O2. The van der Waals surface area contributed by atoms with Gasteiger partial charge >= 0.3 is 0 Å². The molecule has 1 saturated carbocycles. The summed E-state index contributed by atoms with van der Waals surface area (Å²) in [5.41, 5.74) is 1.41. The van der Waals surface area contributed by atoms with Crippen LogP contribution in [0.1, 0.15) is 30.9 Å². The summed E-state index contributed by atoms with van der Waals surface area (Å²) in [5, 5.41) is 3.46. The lowest BCUT2D eigenvalue weighted by Crippen LogP contribution is -2.47. The van der Waals surface area contributed by atoms with Crippen molar-refractivity contribution in [3.8, 4) is 11.5 Å². The quantitative estimate of drug-likeness (QED) is 0.924. The van der Waals surface area contributed by atoms with E-state index < -0.39 is 0 Å². The zero-order valence-corrected chi connectivity index (χ0v) is 12.5. The number of hydrogen-bond acceptors (Lipinski definition) is 4. The molecule has 0 amide bonds. The number of piperazine rings is 1. The van der Waals surface area contributed by atoms with Gasteiger partial charge in [-0.25, -0.2) is 0 Å². The highest BCUT2D eigenvalue weighted by Gasteiger charge is 2.34. The Bertz CT molecular complexity index is 496. The maximum atomic E-state index is 5.78. The maximum absolute atomic E-state index is 5.78. The van der Waals surface area contributed by atoms with Gasteiger partial charge in [0.05, 0.1) is 0 Å². The van der Waals surface area contributed by atoms with Gasteiger partial charge in [-0.15, -0.1) is 0 Å². The first kappa shape index (κ1) is 13.4. The summed E-state index contributed by atoms with van der Waals surface area (Å²) in [4.78, 5) is 2.66. The molecule has 1 atom stereocenters. The van der Waals surface area contributed by atoms with Crippen molar-refractivity contribution in [2.45, 2.75) is 25.3 Å². The third-order valence-electron chi connectivity index (χ3n) is 5.05. The summed E-state index contributed by atoms with van der Waals surface area (Å²) in [5.74, 6) is 2.64. The van der Waals surface area contributed by atoms with Crippen LogP contribution >= 0.6 is 0 Å². The van der Waals surface area contributed by atoms with Gasteiger partial charge in [0.25, 0.3) is 0 Å². The van der Waals surface area contributed by atoms with Gasteiger partial charge in [-0.2, -0.15) is 0 Å². The predicted molar refractivity (Wildman–Crippen MR) is 82.0 cm³/mol. The highest BCUT2D eigenvalue weighted by molar-refractivity contribution is 5.45. The van der Waals surface area contributed by atoms with Gasteiger partial charge in [-0.1, -0.05) is 12.5 Å². The van der Waals surface area contributed by atoms with E-state index in [1.807, 2.05) is 0 Å². The van der Waals surface area contributed by atoms with E-state index in [9.17, 15) is 0 Å². The fraction of sp³-hybridized carbons (Fsp3) is 0.647. The molecule has 1 N–H and O–H groups in total. The van der Waals surface area contributed by atoms with Crippen LogP contribution in [0.3, 0.4) is 0 Å². The minimum absolute atomic E-state index is 0.552. The Morgan fingerprint density at radius 3 is 2.52 bits per heavy atom. The van der Waals surface area contributed by atoms with E-state index in [0.29, 0.717) is 19.3 Å². The van der Waals surface area contributed by atoms with Gasteiger partial charge in [0.2, 0.25) is 0 Å². The molecule has 1 aliphatic carbocycles. The molecule has 0 aromatic heterocycles. The van der Waals surface area contributed by atoms with Crippen LogP contribution in [0.4, 0.5) is 0 Å². The van der Waals surface area contributed by atoms with Gasteiger partial charge in [0.15, 0.2) is 11.5 Å². The SMILES string of the molecule is c1cc2c(cc1[C@H](C1CCC1)N1CCNCC1)OCCO2. The third kappa shape index (κ3) is 2.62. The van der Waals surface area contributed by atoms with Crippen molar-refractivity contribution in [3.05, 3.63) is 23.8 Å². The standard InChI is InChI=1S/C17H24N2O2/c1-2-13(3-1)17(19-8-6-18-7-9-19)14-4-5-15-16(12-14)21-11-10-20-15/h4-5,12-13,17-18H,1-3,6-11H2/t17-/m0/s1. The molecule has 0 radical (unpaired) electrons. The van der Waals surface area contributed by atoms with E-state index in [1.54, 1.807) is 0 Å². The molecule has 0 unspecified atom stereocenters. The maximum Gasteiger partial charge on any atom is 0.161 e. The number of ether oxygens (including phenoxy) is 2. The largest absolute Gasteiger partial charge is 0.486 e. The second kappa shape index (κ2) is 5.85. The van der Waals surface area contributed by atoms with Crippen LogP contribution in [-0.2, 0) is 0 Å².